The summed E-state index contributed by atoms with van der Waals surface area (Å²) in [6.45, 7) is 8.14. The number of aryl methyl sites for hydroxylation is 1. The molecule has 0 aromatic heterocycles. The minimum absolute atomic E-state index is 0.00390. The van der Waals surface area contributed by atoms with Crippen LogP contribution < -0.4 is 10.6 Å². The Morgan fingerprint density at radius 3 is 2.58 bits per heavy atom. The van der Waals surface area contributed by atoms with E-state index in [1.165, 1.54) is 0 Å². The van der Waals surface area contributed by atoms with Crippen LogP contribution in [0, 0.1) is 6.92 Å². The van der Waals surface area contributed by atoms with Gasteiger partial charge >= 0.3 is 6.03 Å². The Bertz CT molecular complexity index is 638. The molecular weight excluding hydrogens is 332 g/mol. The van der Waals surface area contributed by atoms with E-state index in [1.807, 2.05) is 24.0 Å². The SMILES string of the molecule is Cc1cccc(NC(=O)NCCN2CCOCC2)c1C(=O)N1CCCC1. The number of anilines is 1. The Labute approximate surface area is 154 Å². The summed E-state index contributed by atoms with van der Waals surface area (Å²) >= 11 is 0. The molecule has 0 atom stereocenters. The van der Waals surface area contributed by atoms with Crippen molar-refractivity contribution >= 4 is 17.6 Å². The van der Waals surface area contributed by atoms with Crippen molar-refractivity contribution in [3.8, 4) is 0 Å². The number of nitrogens with zero attached hydrogens (tertiary/aromatic N) is 2. The van der Waals surface area contributed by atoms with Gasteiger partial charge in [-0.2, -0.15) is 0 Å². The quantitative estimate of drug-likeness (QED) is 0.838. The van der Waals surface area contributed by atoms with Crippen LogP contribution in [-0.4, -0.2) is 74.2 Å². The highest BCUT2D eigenvalue weighted by Gasteiger charge is 2.24. The summed E-state index contributed by atoms with van der Waals surface area (Å²) in [7, 11) is 0. The molecule has 3 rings (SSSR count). The van der Waals surface area contributed by atoms with Crippen LogP contribution >= 0.6 is 0 Å². The molecule has 26 heavy (non-hydrogen) atoms. The number of amides is 3. The summed E-state index contributed by atoms with van der Waals surface area (Å²) in [4.78, 5) is 29.2. The molecule has 0 aliphatic carbocycles. The molecule has 3 amide bonds. The molecule has 0 spiro atoms. The van der Waals surface area contributed by atoms with E-state index in [-0.39, 0.29) is 11.9 Å². The first kappa shape index (κ1) is 18.7. The van der Waals surface area contributed by atoms with E-state index >= 15 is 0 Å². The molecule has 1 aromatic carbocycles. The number of morpholine rings is 1. The average molecular weight is 360 g/mol. The van der Waals surface area contributed by atoms with Gasteiger partial charge in [-0.25, -0.2) is 4.79 Å². The molecule has 0 saturated carbocycles. The number of ether oxygens (including phenoxy) is 1. The third-order valence-corrected chi connectivity index (χ3v) is 4.95. The van der Waals surface area contributed by atoms with Gasteiger partial charge in [-0.15, -0.1) is 0 Å². The van der Waals surface area contributed by atoms with Gasteiger partial charge in [0.05, 0.1) is 24.5 Å². The molecule has 2 aliphatic rings. The fourth-order valence-corrected chi connectivity index (χ4v) is 3.45. The number of likely N-dealkylation sites (tertiary alicyclic amines) is 1. The molecule has 142 valence electrons. The predicted molar refractivity (Wildman–Crippen MR) is 101 cm³/mol. The first-order chi connectivity index (χ1) is 12.6. The second-order valence-electron chi connectivity index (χ2n) is 6.83. The van der Waals surface area contributed by atoms with Crippen molar-refractivity contribution in [3.63, 3.8) is 0 Å². The summed E-state index contributed by atoms with van der Waals surface area (Å²) in [6.07, 6.45) is 2.09. The zero-order valence-electron chi connectivity index (χ0n) is 15.4. The maximum Gasteiger partial charge on any atom is 0.319 e. The average Bonchev–Trinajstić information content (AvgIpc) is 3.17. The van der Waals surface area contributed by atoms with Crippen molar-refractivity contribution < 1.29 is 14.3 Å². The second kappa shape index (κ2) is 9.00. The Kier molecular flexibility index (Phi) is 6.46. The molecule has 2 saturated heterocycles. The number of carbonyl (C=O) groups excluding carboxylic acids is 2. The number of carbonyl (C=O) groups is 2. The number of nitrogens with one attached hydrogen (secondary N) is 2. The first-order valence-corrected chi connectivity index (χ1v) is 9.39. The number of rotatable bonds is 5. The van der Waals surface area contributed by atoms with Crippen molar-refractivity contribution in [1.82, 2.24) is 15.1 Å². The minimum atomic E-state index is -0.278. The fraction of sp³-hybridized carbons (Fsp3) is 0.579. The zero-order valence-corrected chi connectivity index (χ0v) is 15.4. The van der Waals surface area contributed by atoms with E-state index in [9.17, 15) is 9.59 Å². The summed E-state index contributed by atoms with van der Waals surface area (Å²) < 4.78 is 5.32. The smallest absolute Gasteiger partial charge is 0.319 e. The summed E-state index contributed by atoms with van der Waals surface area (Å²) in [6, 6.07) is 5.28. The van der Waals surface area contributed by atoms with Crippen molar-refractivity contribution in [2.24, 2.45) is 0 Å². The molecule has 2 heterocycles. The first-order valence-electron chi connectivity index (χ1n) is 9.39. The van der Waals surface area contributed by atoms with Gasteiger partial charge in [0.2, 0.25) is 0 Å². The molecule has 2 N–H and O–H groups in total. The lowest BCUT2D eigenvalue weighted by Gasteiger charge is -2.26. The van der Waals surface area contributed by atoms with Gasteiger partial charge in [0.25, 0.3) is 5.91 Å². The van der Waals surface area contributed by atoms with Crippen LogP contribution in [-0.2, 0) is 4.74 Å². The number of hydrogen-bond donors (Lipinski definition) is 2. The maximum atomic E-state index is 12.8. The molecule has 0 radical (unpaired) electrons. The van der Waals surface area contributed by atoms with Gasteiger partial charge in [0.15, 0.2) is 0 Å². The summed E-state index contributed by atoms with van der Waals surface area (Å²) in [5.41, 5.74) is 2.05. The topological polar surface area (TPSA) is 73.9 Å². The van der Waals surface area contributed by atoms with Crippen LogP contribution in [0.3, 0.4) is 0 Å². The molecular formula is C19H28N4O3. The lowest BCUT2D eigenvalue weighted by Crippen LogP contribution is -2.42. The van der Waals surface area contributed by atoms with E-state index in [1.54, 1.807) is 6.07 Å². The van der Waals surface area contributed by atoms with E-state index in [2.05, 4.69) is 15.5 Å². The van der Waals surface area contributed by atoms with Crippen molar-refractivity contribution in [3.05, 3.63) is 29.3 Å². The van der Waals surface area contributed by atoms with Crippen LogP contribution in [0.4, 0.5) is 10.5 Å². The van der Waals surface area contributed by atoms with E-state index in [4.69, 9.17) is 4.74 Å². The van der Waals surface area contributed by atoms with Crippen molar-refractivity contribution in [1.29, 1.82) is 0 Å². The van der Waals surface area contributed by atoms with Crippen LogP contribution in [0.15, 0.2) is 18.2 Å². The fourth-order valence-electron chi connectivity index (χ4n) is 3.45. The highest BCUT2D eigenvalue weighted by molar-refractivity contribution is 6.04. The van der Waals surface area contributed by atoms with Gasteiger partial charge in [-0.05, 0) is 31.4 Å². The number of urea groups is 1. The lowest BCUT2D eigenvalue weighted by atomic mass is 10.1. The Morgan fingerprint density at radius 1 is 1.12 bits per heavy atom. The Morgan fingerprint density at radius 2 is 1.85 bits per heavy atom. The Balaban J connectivity index is 1.57. The number of hydrogen-bond acceptors (Lipinski definition) is 4. The molecule has 1 aromatic rings. The van der Waals surface area contributed by atoms with Crippen LogP contribution in [0.25, 0.3) is 0 Å². The van der Waals surface area contributed by atoms with Gasteiger partial charge < -0.3 is 20.3 Å². The monoisotopic (exact) mass is 360 g/mol. The molecule has 2 fully saturated rings. The van der Waals surface area contributed by atoms with Crippen LogP contribution in [0.1, 0.15) is 28.8 Å². The number of benzene rings is 1. The van der Waals surface area contributed by atoms with E-state index < -0.39 is 0 Å². The standard InChI is InChI=1S/C19H28N4O3/c1-15-5-4-6-16(17(15)18(24)23-8-2-3-9-23)21-19(25)20-7-10-22-11-13-26-14-12-22/h4-6H,2-3,7-14H2,1H3,(H2,20,21,25). The third kappa shape index (κ3) is 4.74. The predicted octanol–water partition coefficient (Wildman–Crippen LogP) is 1.68. The maximum absolute atomic E-state index is 12.8. The van der Waals surface area contributed by atoms with E-state index in [0.29, 0.717) is 17.8 Å². The molecule has 7 nitrogen and oxygen atoms in total. The van der Waals surface area contributed by atoms with Gasteiger partial charge in [-0.3, -0.25) is 9.69 Å². The van der Waals surface area contributed by atoms with Gasteiger partial charge in [0.1, 0.15) is 0 Å². The normalized spacial score (nSPS) is 18.0. The summed E-state index contributed by atoms with van der Waals surface area (Å²) in [5.74, 6) is 0.00390. The second-order valence-corrected chi connectivity index (χ2v) is 6.83. The molecule has 2 aliphatic heterocycles. The van der Waals surface area contributed by atoms with Crippen LogP contribution in [0.2, 0.25) is 0 Å². The molecule has 7 heteroatoms. The zero-order chi connectivity index (χ0) is 18.4. The Hall–Kier alpha value is -2.12. The van der Waals surface area contributed by atoms with Crippen molar-refractivity contribution in [2.75, 3.05) is 57.8 Å². The highest BCUT2D eigenvalue weighted by atomic mass is 16.5. The highest BCUT2D eigenvalue weighted by Crippen LogP contribution is 2.23. The van der Waals surface area contributed by atoms with Gasteiger partial charge in [-0.1, -0.05) is 12.1 Å². The minimum Gasteiger partial charge on any atom is -0.379 e. The van der Waals surface area contributed by atoms with Crippen molar-refractivity contribution in [2.45, 2.75) is 19.8 Å². The van der Waals surface area contributed by atoms with Crippen LogP contribution in [0.5, 0.6) is 0 Å². The van der Waals surface area contributed by atoms with E-state index in [0.717, 1.165) is 64.3 Å². The summed E-state index contributed by atoms with van der Waals surface area (Å²) in [5, 5.41) is 5.73. The van der Waals surface area contributed by atoms with Gasteiger partial charge in [0, 0.05) is 39.3 Å². The third-order valence-electron chi connectivity index (χ3n) is 4.95. The largest absolute Gasteiger partial charge is 0.379 e. The molecule has 0 bridgehead atoms. The molecule has 0 unspecified atom stereocenters. The lowest BCUT2D eigenvalue weighted by molar-refractivity contribution is 0.0388.